The lowest BCUT2D eigenvalue weighted by molar-refractivity contribution is 0.0702. The highest BCUT2D eigenvalue weighted by Crippen LogP contribution is 2.35. The van der Waals surface area contributed by atoms with Crippen molar-refractivity contribution in [2.24, 2.45) is 0 Å². The monoisotopic (exact) mass is 264 g/mol. The van der Waals surface area contributed by atoms with Crippen LogP contribution in [0.1, 0.15) is 9.67 Å². The van der Waals surface area contributed by atoms with Crippen LogP contribution in [0.25, 0.3) is 11.3 Å². The Morgan fingerprint density at radius 2 is 2.17 bits per heavy atom. The van der Waals surface area contributed by atoms with Crippen LogP contribution in [0.2, 0.25) is 0 Å². The van der Waals surface area contributed by atoms with Crippen molar-refractivity contribution in [3.8, 4) is 17.0 Å². The summed E-state index contributed by atoms with van der Waals surface area (Å²) in [5.41, 5.74) is 1.10. The molecule has 0 saturated heterocycles. The van der Waals surface area contributed by atoms with Gasteiger partial charge in [-0.15, -0.1) is 0 Å². The third-order valence-corrected chi connectivity index (χ3v) is 3.46. The number of nitrogens with one attached hydrogen (secondary N) is 1. The molecule has 94 valence electrons. The summed E-state index contributed by atoms with van der Waals surface area (Å²) >= 11 is 1.10. The zero-order chi connectivity index (χ0) is 13.1. The Morgan fingerprint density at radius 1 is 1.44 bits per heavy atom. The fourth-order valence-electron chi connectivity index (χ4n) is 1.59. The van der Waals surface area contributed by atoms with Gasteiger partial charge in [-0.05, 0) is 12.1 Å². The molecular formula is C12H12N2O3S. The SMILES string of the molecule is CNc1nc(-c2ccccc2OC)c(C(=O)O)s1. The van der Waals surface area contributed by atoms with Crippen molar-refractivity contribution in [3.63, 3.8) is 0 Å². The van der Waals surface area contributed by atoms with Crippen LogP contribution >= 0.6 is 11.3 Å². The van der Waals surface area contributed by atoms with Gasteiger partial charge in [0.1, 0.15) is 16.3 Å². The summed E-state index contributed by atoms with van der Waals surface area (Å²) in [6.07, 6.45) is 0. The van der Waals surface area contributed by atoms with Gasteiger partial charge in [0.05, 0.1) is 7.11 Å². The van der Waals surface area contributed by atoms with Crippen LogP contribution in [0.5, 0.6) is 5.75 Å². The number of carbonyl (C=O) groups is 1. The van der Waals surface area contributed by atoms with Crippen LogP contribution in [0.4, 0.5) is 5.13 Å². The number of carboxylic acids is 1. The van der Waals surface area contributed by atoms with Gasteiger partial charge in [0, 0.05) is 12.6 Å². The van der Waals surface area contributed by atoms with Gasteiger partial charge in [-0.1, -0.05) is 23.5 Å². The molecule has 0 amide bonds. The van der Waals surface area contributed by atoms with Crippen molar-refractivity contribution >= 4 is 22.4 Å². The topological polar surface area (TPSA) is 71.5 Å². The number of hydrogen-bond acceptors (Lipinski definition) is 5. The summed E-state index contributed by atoms with van der Waals surface area (Å²) < 4.78 is 5.23. The highest BCUT2D eigenvalue weighted by molar-refractivity contribution is 7.17. The molecule has 18 heavy (non-hydrogen) atoms. The van der Waals surface area contributed by atoms with E-state index < -0.39 is 5.97 Å². The van der Waals surface area contributed by atoms with E-state index in [1.807, 2.05) is 12.1 Å². The van der Waals surface area contributed by atoms with E-state index in [1.165, 1.54) is 0 Å². The van der Waals surface area contributed by atoms with Gasteiger partial charge in [-0.2, -0.15) is 0 Å². The third kappa shape index (κ3) is 2.14. The predicted molar refractivity (Wildman–Crippen MR) is 70.6 cm³/mol. The number of thiazole rings is 1. The number of nitrogens with zero attached hydrogens (tertiary/aromatic N) is 1. The summed E-state index contributed by atoms with van der Waals surface area (Å²) in [6, 6.07) is 7.22. The number of para-hydroxylation sites is 1. The number of aromatic nitrogens is 1. The summed E-state index contributed by atoms with van der Waals surface area (Å²) in [6.45, 7) is 0. The van der Waals surface area contributed by atoms with Gasteiger partial charge in [-0.3, -0.25) is 0 Å². The fourth-order valence-corrected chi connectivity index (χ4v) is 2.37. The molecule has 0 unspecified atom stereocenters. The highest BCUT2D eigenvalue weighted by atomic mass is 32.1. The van der Waals surface area contributed by atoms with Crippen molar-refractivity contribution in [1.29, 1.82) is 0 Å². The molecule has 1 aromatic heterocycles. The molecule has 0 spiro atoms. The molecule has 2 aromatic rings. The number of hydrogen-bond donors (Lipinski definition) is 2. The molecule has 0 bridgehead atoms. The van der Waals surface area contributed by atoms with Crippen molar-refractivity contribution < 1.29 is 14.6 Å². The highest BCUT2D eigenvalue weighted by Gasteiger charge is 2.20. The van der Waals surface area contributed by atoms with Crippen LogP contribution in [-0.4, -0.2) is 30.2 Å². The van der Waals surface area contributed by atoms with Crippen LogP contribution in [0.3, 0.4) is 0 Å². The van der Waals surface area contributed by atoms with Gasteiger partial charge in [0.25, 0.3) is 0 Å². The first-order valence-corrected chi connectivity index (χ1v) is 6.04. The molecule has 0 aliphatic rings. The van der Waals surface area contributed by atoms with Crippen LogP contribution in [0, 0.1) is 0 Å². The molecule has 2 rings (SSSR count). The van der Waals surface area contributed by atoms with E-state index in [9.17, 15) is 9.90 Å². The summed E-state index contributed by atoms with van der Waals surface area (Å²) in [5, 5.41) is 12.6. The average molecular weight is 264 g/mol. The smallest absolute Gasteiger partial charge is 0.348 e. The standard InChI is InChI=1S/C12H12N2O3S/c1-13-12-14-9(10(18-12)11(15)16)7-5-3-4-6-8(7)17-2/h3-6H,1-2H3,(H,13,14)(H,15,16). The van der Waals surface area contributed by atoms with Crippen LogP contribution in [-0.2, 0) is 0 Å². The molecule has 6 heteroatoms. The second-order valence-corrected chi connectivity index (χ2v) is 4.45. The van der Waals surface area contributed by atoms with Gasteiger partial charge in [0.2, 0.25) is 0 Å². The van der Waals surface area contributed by atoms with E-state index >= 15 is 0 Å². The largest absolute Gasteiger partial charge is 0.496 e. The second kappa shape index (κ2) is 5.05. The number of aromatic carboxylic acids is 1. The lowest BCUT2D eigenvalue weighted by atomic mass is 10.1. The van der Waals surface area contributed by atoms with E-state index in [0.717, 1.165) is 11.3 Å². The van der Waals surface area contributed by atoms with E-state index in [-0.39, 0.29) is 4.88 Å². The zero-order valence-electron chi connectivity index (χ0n) is 9.93. The first-order chi connectivity index (χ1) is 8.67. The summed E-state index contributed by atoms with van der Waals surface area (Å²) in [4.78, 5) is 15.7. The number of anilines is 1. The Bertz CT molecular complexity index is 580. The van der Waals surface area contributed by atoms with E-state index in [4.69, 9.17) is 4.74 Å². The Hall–Kier alpha value is -2.08. The quantitative estimate of drug-likeness (QED) is 0.888. The maximum atomic E-state index is 11.2. The molecule has 0 fully saturated rings. The van der Waals surface area contributed by atoms with Gasteiger partial charge < -0.3 is 15.2 Å². The van der Waals surface area contributed by atoms with Crippen molar-refractivity contribution in [2.45, 2.75) is 0 Å². The fraction of sp³-hybridized carbons (Fsp3) is 0.167. The Labute approximate surface area is 108 Å². The molecule has 0 saturated carbocycles. The normalized spacial score (nSPS) is 10.1. The number of carboxylic acid groups (broad SMARTS) is 1. The minimum absolute atomic E-state index is 0.198. The number of rotatable bonds is 4. The number of benzene rings is 1. The molecule has 0 radical (unpaired) electrons. The number of methoxy groups -OCH3 is 1. The predicted octanol–water partition coefficient (Wildman–Crippen LogP) is 2.56. The van der Waals surface area contributed by atoms with E-state index in [0.29, 0.717) is 22.1 Å². The Kier molecular flexibility index (Phi) is 3.47. The maximum Gasteiger partial charge on any atom is 0.348 e. The first kappa shape index (κ1) is 12.4. The molecule has 2 N–H and O–H groups in total. The van der Waals surface area contributed by atoms with Crippen molar-refractivity contribution in [2.75, 3.05) is 19.5 Å². The van der Waals surface area contributed by atoms with Gasteiger partial charge >= 0.3 is 5.97 Å². The van der Waals surface area contributed by atoms with E-state index in [2.05, 4.69) is 10.3 Å². The van der Waals surface area contributed by atoms with Gasteiger partial charge in [-0.25, -0.2) is 9.78 Å². The molecule has 0 aliphatic heterocycles. The molecule has 5 nitrogen and oxygen atoms in total. The molecule has 0 atom stereocenters. The minimum atomic E-state index is -0.991. The summed E-state index contributed by atoms with van der Waals surface area (Å²) in [5.74, 6) is -0.386. The molecule has 0 aliphatic carbocycles. The molecular weight excluding hydrogens is 252 g/mol. The average Bonchev–Trinajstić information content (AvgIpc) is 2.83. The first-order valence-electron chi connectivity index (χ1n) is 5.22. The summed E-state index contributed by atoms with van der Waals surface area (Å²) in [7, 11) is 3.25. The van der Waals surface area contributed by atoms with E-state index in [1.54, 1.807) is 26.3 Å². The molecule has 1 aromatic carbocycles. The maximum absolute atomic E-state index is 11.2. The second-order valence-electron chi connectivity index (χ2n) is 3.45. The number of ether oxygens (including phenoxy) is 1. The van der Waals surface area contributed by atoms with Crippen LogP contribution < -0.4 is 10.1 Å². The van der Waals surface area contributed by atoms with Crippen molar-refractivity contribution in [1.82, 2.24) is 4.98 Å². The zero-order valence-corrected chi connectivity index (χ0v) is 10.7. The minimum Gasteiger partial charge on any atom is -0.496 e. The Balaban J connectivity index is 2.62. The lowest BCUT2D eigenvalue weighted by Crippen LogP contribution is -1.97. The van der Waals surface area contributed by atoms with Gasteiger partial charge in [0.15, 0.2) is 5.13 Å². The van der Waals surface area contributed by atoms with Crippen molar-refractivity contribution in [3.05, 3.63) is 29.1 Å². The third-order valence-electron chi connectivity index (χ3n) is 2.40. The molecule has 1 heterocycles. The van der Waals surface area contributed by atoms with Crippen LogP contribution in [0.15, 0.2) is 24.3 Å². The Morgan fingerprint density at radius 3 is 2.78 bits per heavy atom. The lowest BCUT2D eigenvalue weighted by Gasteiger charge is -2.06.